The fourth-order valence-electron chi connectivity index (χ4n) is 6.89. The van der Waals surface area contributed by atoms with Crippen LogP contribution in [-0.2, 0) is 6.42 Å². The number of benzene rings is 2. The molecular formula is C34H50. The summed E-state index contributed by atoms with van der Waals surface area (Å²) in [6.07, 6.45) is 27.4. The molecule has 0 spiro atoms. The van der Waals surface area contributed by atoms with Gasteiger partial charge in [0, 0.05) is 0 Å². The van der Waals surface area contributed by atoms with Gasteiger partial charge >= 0.3 is 0 Å². The van der Waals surface area contributed by atoms with Crippen molar-refractivity contribution in [3.05, 3.63) is 59.7 Å². The summed E-state index contributed by atoms with van der Waals surface area (Å²) in [5, 5.41) is 2.84. The molecule has 0 N–H and O–H groups in total. The second kappa shape index (κ2) is 13.5. The Morgan fingerprint density at radius 3 is 2.00 bits per heavy atom. The summed E-state index contributed by atoms with van der Waals surface area (Å²) in [4.78, 5) is 0. The lowest BCUT2D eigenvalue weighted by Gasteiger charge is -2.32. The first kappa shape index (κ1) is 25.5. The number of unbranched alkanes of at least 4 members (excludes halogenated alkanes) is 2. The molecule has 0 amide bonds. The summed E-state index contributed by atoms with van der Waals surface area (Å²) in [6.45, 7) is 4.44. The summed E-state index contributed by atoms with van der Waals surface area (Å²) in [5.41, 5.74) is 3.05. The molecule has 0 saturated heterocycles. The summed E-state index contributed by atoms with van der Waals surface area (Å²) in [5.74, 6) is 3.89. The van der Waals surface area contributed by atoms with Crippen LogP contribution in [0.3, 0.4) is 0 Å². The molecule has 2 saturated carbocycles. The first-order valence-corrected chi connectivity index (χ1v) is 14.9. The molecule has 4 rings (SSSR count). The van der Waals surface area contributed by atoms with Crippen molar-refractivity contribution in [2.24, 2.45) is 17.8 Å². The van der Waals surface area contributed by atoms with E-state index in [2.05, 4.69) is 62.4 Å². The van der Waals surface area contributed by atoms with E-state index in [4.69, 9.17) is 0 Å². The molecule has 2 aliphatic rings. The predicted molar refractivity (Wildman–Crippen MR) is 151 cm³/mol. The fourth-order valence-corrected chi connectivity index (χ4v) is 6.89. The zero-order chi connectivity index (χ0) is 23.6. The molecule has 0 unspecified atom stereocenters. The van der Waals surface area contributed by atoms with Gasteiger partial charge in [-0.25, -0.2) is 0 Å². The van der Waals surface area contributed by atoms with E-state index in [0.29, 0.717) is 0 Å². The average molecular weight is 459 g/mol. The van der Waals surface area contributed by atoms with Crippen molar-refractivity contribution in [2.45, 2.75) is 122 Å². The third-order valence-corrected chi connectivity index (χ3v) is 9.25. The van der Waals surface area contributed by atoms with Crippen LogP contribution in [0.5, 0.6) is 0 Å². The van der Waals surface area contributed by atoms with Crippen LogP contribution in [0, 0.1) is 17.8 Å². The molecular weight excluding hydrogens is 408 g/mol. The first-order valence-electron chi connectivity index (χ1n) is 14.9. The maximum Gasteiger partial charge on any atom is -0.0162 e. The van der Waals surface area contributed by atoms with Crippen molar-refractivity contribution in [1.29, 1.82) is 0 Å². The van der Waals surface area contributed by atoms with Crippen LogP contribution in [0.25, 0.3) is 10.8 Å². The second-order valence-corrected chi connectivity index (χ2v) is 11.7. The molecule has 2 fully saturated rings. The number of rotatable bonds is 11. The summed E-state index contributed by atoms with van der Waals surface area (Å²) >= 11 is 0. The maximum atomic E-state index is 2.50. The largest absolute Gasteiger partial charge is 0.0917 e. The fraction of sp³-hybridized carbons (Fsp3) is 0.647. The van der Waals surface area contributed by atoms with Gasteiger partial charge in [0.05, 0.1) is 0 Å². The minimum absolute atomic E-state index is 0.786. The van der Waals surface area contributed by atoms with Crippen molar-refractivity contribution < 1.29 is 0 Å². The molecule has 2 aromatic carbocycles. The van der Waals surface area contributed by atoms with E-state index in [-0.39, 0.29) is 0 Å². The van der Waals surface area contributed by atoms with Crippen molar-refractivity contribution in [3.63, 3.8) is 0 Å². The van der Waals surface area contributed by atoms with Gasteiger partial charge in [-0.2, -0.15) is 0 Å². The first-order chi connectivity index (χ1) is 16.7. The van der Waals surface area contributed by atoms with Crippen molar-refractivity contribution >= 4 is 10.8 Å². The highest BCUT2D eigenvalue weighted by Crippen LogP contribution is 2.41. The van der Waals surface area contributed by atoms with Gasteiger partial charge < -0.3 is 0 Å². The van der Waals surface area contributed by atoms with Crippen LogP contribution < -0.4 is 0 Å². The van der Waals surface area contributed by atoms with Gasteiger partial charge in [0.1, 0.15) is 0 Å². The van der Waals surface area contributed by atoms with E-state index < -0.39 is 0 Å². The van der Waals surface area contributed by atoms with E-state index in [9.17, 15) is 0 Å². The molecule has 0 heteroatoms. The summed E-state index contributed by atoms with van der Waals surface area (Å²) in [7, 11) is 0. The van der Waals surface area contributed by atoms with Gasteiger partial charge in [-0.15, -0.1) is 0 Å². The van der Waals surface area contributed by atoms with E-state index in [1.165, 1.54) is 106 Å². The second-order valence-electron chi connectivity index (χ2n) is 11.7. The molecule has 34 heavy (non-hydrogen) atoms. The van der Waals surface area contributed by atoms with Crippen molar-refractivity contribution in [3.8, 4) is 0 Å². The SMILES string of the molecule is C/C=C/CCc1ccc2cc(C3CCC(CCC4CCC(CCCCC)CC4)CC3)ccc2c1. The average Bonchev–Trinajstić information content (AvgIpc) is 2.88. The van der Waals surface area contributed by atoms with E-state index in [1.807, 2.05) is 0 Å². The molecule has 2 aliphatic carbocycles. The molecule has 0 bridgehead atoms. The Labute approximate surface area is 210 Å². The van der Waals surface area contributed by atoms with Crippen LogP contribution in [0.2, 0.25) is 0 Å². The van der Waals surface area contributed by atoms with Gasteiger partial charge in [0.2, 0.25) is 0 Å². The van der Waals surface area contributed by atoms with Crippen LogP contribution in [0.15, 0.2) is 48.6 Å². The van der Waals surface area contributed by atoms with E-state index in [1.54, 1.807) is 5.56 Å². The standard InChI is InChI=1S/C34H50/c1-3-5-7-9-27-11-13-28(14-12-27)15-16-29-17-20-31(21-18-29)33-24-23-32-25-30(10-8-6-4-2)19-22-34(32)26-33/h4,6,19,22-29,31H,3,5,7-18,20-21H2,1-2H3/b6-4+. The Bertz CT molecular complexity index is 874. The van der Waals surface area contributed by atoms with Crippen molar-refractivity contribution in [2.75, 3.05) is 0 Å². The van der Waals surface area contributed by atoms with Gasteiger partial charge in [-0.05, 0) is 91.0 Å². The van der Waals surface area contributed by atoms with E-state index >= 15 is 0 Å². The minimum Gasteiger partial charge on any atom is -0.0917 e. The zero-order valence-electron chi connectivity index (χ0n) is 22.2. The quantitative estimate of drug-likeness (QED) is 0.232. The monoisotopic (exact) mass is 458 g/mol. The van der Waals surface area contributed by atoms with Crippen LogP contribution in [-0.4, -0.2) is 0 Å². The van der Waals surface area contributed by atoms with Gasteiger partial charge in [0.25, 0.3) is 0 Å². The Morgan fingerprint density at radius 1 is 0.706 bits per heavy atom. The van der Waals surface area contributed by atoms with E-state index in [0.717, 1.165) is 36.5 Å². The van der Waals surface area contributed by atoms with Crippen LogP contribution >= 0.6 is 0 Å². The highest BCUT2D eigenvalue weighted by Gasteiger charge is 2.25. The van der Waals surface area contributed by atoms with Gasteiger partial charge in [-0.1, -0.05) is 120 Å². The molecule has 0 aliphatic heterocycles. The molecule has 0 radical (unpaired) electrons. The molecule has 0 atom stereocenters. The Hall–Kier alpha value is -1.56. The maximum absolute atomic E-state index is 2.50. The summed E-state index contributed by atoms with van der Waals surface area (Å²) in [6, 6.07) is 14.4. The molecule has 0 heterocycles. The lowest BCUT2D eigenvalue weighted by molar-refractivity contribution is 0.222. The highest BCUT2D eigenvalue weighted by molar-refractivity contribution is 5.84. The minimum atomic E-state index is 0.786. The van der Waals surface area contributed by atoms with Crippen LogP contribution in [0.4, 0.5) is 0 Å². The van der Waals surface area contributed by atoms with Crippen molar-refractivity contribution in [1.82, 2.24) is 0 Å². The Morgan fingerprint density at radius 2 is 1.32 bits per heavy atom. The molecule has 186 valence electrons. The number of aryl methyl sites for hydroxylation is 1. The lowest BCUT2D eigenvalue weighted by atomic mass is 9.74. The number of hydrogen-bond donors (Lipinski definition) is 0. The zero-order valence-corrected chi connectivity index (χ0v) is 22.2. The van der Waals surface area contributed by atoms with Gasteiger partial charge in [0.15, 0.2) is 0 Å². The number of hydrogen-bond acceptors (Lipinski definition) is 0. The highest BCUT2D eigenvalue weighted by atomic mass is 14.3. The predicted octanol–water partition coefficient (Wildman–Crippen LogP) is 10.8. The molecule has 2 aromatic rings. The molecule has 0 nitrogen and oxygen atoms in total. The summed E-state index contributed by atoms with van der Waals surface area (Å²) < 4.78 is 0. The normalized spacial score (nSPS) is 25.8. The van der Waals surface area contributed by atoms with Crippen LogP contribution in [0.1, 0.15) is 127 Å². The third kappa shape index (κ3) is 7.47. The van der Waals surface area contributed by atoms with Gasteiger partial charge in [-0.3, -0.25) is 0 Å². The topological polar surface area (TPSA) is 0 Å². The Balaban J connectivity index is 1.19. The lowest BCUT2D eigenvalue weighted by Crippen LogP contribution is -2.17. The molecule has 0 aromatic heterocycles. The third-order valence-electron chi connectivity index (χ3n) is 9.25. The Kier molecular flexibility index (Phi) is 10.1. The number of allylic oxidation sites excluding steroid dienone is 2. The smallest absolute Gasteiger partial charge is 0.0162 e. The number of fused-ring (bicyclic) bond motifs is 1.